The Morgan fingerprint density at radius 1 is 1.17 bits per heavy atom. The summed E-state index contributed by atoms with van der Waals surface area (Å²) in [5, 5.41) is -0.00820. The molecule has 0 saturated carbocycles. The van der Waals surface area contributed by atoms with Crippen LogP contribution in [0, 0.1) is 0 Å². The van der Waals surface area contributed by atoms with E-state index >= 15 is 0 Å². The summed E-state index contributed by atoms with van der Waals surface area (Å²) >= 11 is 0. The van der Waals surface area contributed by atoms with Crippen LogP contribution >= 0.6 is 0 Å². The van der Waals surface area contributed by atoms with E-state index in [-0.39, 0.29) is 17.2 Å². The largest absolute Gasteiger partial charge is 0.496 e. The molecule has 0 amide bonds. The van der Waals surface area contributed by atoms with E-state index in [1.807, 2.05) is 31.2 Å². The van der Waals surface area contributed by atoms with Gasteiger partial charge < -0.3 is 9.15 Å². The minimum atomic E-state index is -3.68. The molecule has 0 radical (unpaired) electrons. The number of sulfonamides is 1. The Balaban J connectivity index is 2.08. The maximum atomic E-state index is 13.0. The van der Waals surface area contributed by atoms with Crippen molar-refractivity contribution in [3.63, 3.8) is 0 Å². The van der Waals surface area contributed by atoms with Gasteiger partial charge in [0.1, 0.15) is 5.75 Å². The highest BCUT2D eigenvalue weighted by molar-refractivity contribution is 7.89. The summed E-state index contributed by atoms with van der Waals surface area (Å²) in [4.78, 5) is 0. The normalized spacial score (nSPS) is 22.9. The van der Waals surface area contributed by atoms with E-state index in [0.29, 0.717) is 5.75 Å². The molecule has 3 rings (SSSR count). The molecular weight excluding hydrogens is 314 g/mol. The van der Waals surface area contributed by atoms with Crippen molar-refractivity contribution in [3.8, 4) is 5.75 Å². The van der Waals surface area contributed by atoms with Crippen LogP contribution in [0.15, 0.2) is 52.2 Å². The lowest BCUT2D eigenvalue weighted by molar-refractivity contribution is 0.186. The predicted molar refractivity (Wildman–Crippen MR) is 86.8 cm³/mol. The number of para-hydroxylation sites is 1. The molecule has 1 aliphatic rings. The van der Waals surface area contributed by atoms with Crippen LogP contribution in [0.4, 0.5) is 0 Å². The highest BCUT2D eigenvalue weighted by Gasteiger charge is 2.40. The number of hydrogen-bond acceptors (Lipinski definition) is 4. The molecule has 2 aromatic rings. The van der Waals surface area contributed by atoms with Gasteiger partial charge in [0.05, 0.1) is 19.4 Å². The highest BCUT2D eigenvalue weighted by Crippen LogP contribution is 2.41. The smallest absolute Gasteiger partial charge is 0.277 e. The Labute approximate surface area is 136 Å². The maximum absolute atomic E-state index is 13.0. The summed E-state index contributed by atoms with van der Waals surface area (Å²) in [6.07, 6.45) is 3.98. The molecule has 6 heteroatoms. The molecule has 2 heterocycles. The first-order valence-corrected chi connectivity index (χ1v) is 9.19. The van der Waals surface area contributed by atoms with Gasteiger partial charge in [-0.3, -0.25) is 0 Å². The zero-order valence-corrected chi connectivity index (χ0v) is 14.1. The average molecular weight is 335 g/mol. The topological polar surface area (TPSA) is 59.8 Å². The van der Waals surface area contributed by atoms with Crippen molar-refractivity contribution in [1.82, 2.24) is 4.31 Å². The van der Waals surface area contributed by atoms with Gasteiger partial charge in [0.25, 0.3) is 10.0 Å². The van der Waals surface area contributed by atoms with Gasteiger partial charge in [-0.2, -0.15) is 4.31 Å². The average Bonchev–Trinajstić information content (AvgIpc) is 3.09. The summed E-state index contributed by atoms with van der Waals surface area (Å²) in [5.74, 6) is 0.714. The molecule has 1 aromatic carbocycles. The van der Waals surface area contributed by atoms with Crippen LogP contribution in [0.3, 0.4) is 0 Å². The van der Waals surface area contributed by atoms with Crippen molar-refractivity contribution >= 4 is 10.0 Å². The first-order valence-electron chi connectivity index (χ1n) is 7.75. The first-order chi connectivity index (χ1) is 11.1. The van der Waals surface area contributed by atoms with Crippen LogP contribution in [0.25, 0.3) is 0 Å². The molecular formula is C17H21NO4S. The molecule has 0 spiro atoms. The number of benzene rings is 1. The van der Waals surface area contributed by atoms with E-state index in [9.17, 15) is 8.42 Å². The van der Waals surface area contributed by atoms with E-state index in [1.165, 1.54) is 12.3 Å². The Hall–Kier alpha value is -1.79. The summed E-state index contributed by atoms with van der Waals surface area (Å²) in [5.41, 5.74) is 0.900. The molecule has 0 unspecified atom stereocenters. The van der Waals surface area contributed by atoms with Gasteiger partial charge in [0.15, 0.2) is 0 Å². The van der Waals surface area contributed by atoms with Gasteiger partial charge in [-0.25, -0.2) is 8.42 Å². The molecule has 2 atom stereocenters. The van der Waals surface area contributed by atoms with E-state index in [1.54, 1.807) is 17.5 Å². The molecule has 23 heavy (non-hydrogen) atoms. The third-order valence-corrected chi connectivity index (χ3v) is 6.28. The summed E-state index contributed by atoms with van der Waals surface area (Å²) in [6, 6.07) is 10.4. The first kappa shape index (κ1) is 16.1. The van der Waals surface area contributed by atoms with Crippen LogP contribution in [-0.4, -0.2) is 25.9 Å². The highest BCUT2D eigenvalue weighted by atomic mass is 32.2. The number of methoxy groups -OCH3 is 1. The van der Waals surface area contributed by atoms with Crippen LogP contribution in [-0.2, 0) is 10.0 Å². The van der Waals surface area contributed by atoms with Gasteiger partial charge in [-0.1, -0.05) is 18.2 Å². The number of piperidine rings is 1. The van der Waals surface area contributed by atoms with Crippen molar-refractivity contribution in [2.45, 2.75) is 43.4 Å². The standard InChI is InChI=1S/C17H21NO4S/c1-13-7-5-9-15(14-8-3-4-10-16(14)21-2)18(13)23(19,20)17-11-6-12-22-17/h3-4,6,8,10-13,15H,5,7,9H2,1-2H3/t13-,15-/m1/s1. The zero-order valence-electron chi connectivity index (χ0n) is 13.3. The lowest BCUT2D eigenvalue weighted by Crippen LogP contribution is -2.44. The maximum Gasteiger partial charge on any atom is 0.277 e. The number of nitrogens with zero attached hydrogens (tertiary/aromatic N) is 1. The second-order valence-electron chi connectivity index (χ2n) is 5.80. The van der Waals surface area contributed by atoms with Crippen molar-refractivity contribution in [1.29, 1.82) is 0 Å². The Bertz CT molecular complexity index is 755. The second kappa shape index (κ2) is 6.37. The van der Waals surface area contributed by atoms with Crippen LogP contribution in [0.5, 0.6) is 5.75 Å². The fourth-order valence-electron chi connectivity index (χ4n) is 3.32. The molecule has 0 bridgehead atoms. The van der Waals surface area contributed by atoms with Crippen molar-refractivity contribution in [3.05, 3.63) is 48.2 Å². The van der Waals surface area contributed by atoms with E-state index in [4.69, 9.17) is 9.15 Å². The number of rotatable bonds is 4. The Morgan fingerprint density at radius 3 is 2.65 bits per heavy atom. The van der Waals surface area contributed by atoms with Crippen molar-refractivity contribution in [2.24, 2.45) is 0 Å². The third-order valence-electron chi connectivity index (χ3n) is 4.37. The lowest BCUT2D eigenvalue weighted by Gasteiger charge is -2.39. The molecule has 124 valence electrons. The minimum Gasteiger partial charge on any atom is -0.496 e. The van der Waals surface area contributed by atoms with E-state index < -0.39 is 10.0 Å². The fraction of sp³-hybridized carbons (Fsp3) is 0.412. The lowest BCUT2D eigenvalue weighted by atomic mass is 9.93. The SMILES string of the molecule is COc1ccccc1[C@H]1CCC[C@@H](C)N1S(=O)(=O)c1ccco1. The van der Waals surface area contributed by atoms with Crippen LogP contribution < -0.4 is 4.74 Å². The minimum absolute atomic E-state index is 0.00820. The molecule has 1 fully saturated rings. The summed E-state index contributed by atoms with van der Waals surface area (Å²) in [7, 11) is -2.07. The van der Waals surface area contributed by atoms with Crippen LogP contribution in [0.1, 0.15) is 37.8 Å². The summed E-state index contributed by atoms with van der Waals surface area (Å²) < 4.78 is 38.3. The molecule has 1 aromatic heterocycles. The predicted octanol–water partition coefficient (Wildman–Crippen LogP) is 3.59. The summed E-state index contributed by atoms with van der Waals surface area (Å²) in [6.45, 7) is 1.95. The number of hydrogen-bond donors (Lipinski definition) is 0. The monoisotopic (exact) mass is 335 g/mol. The Kier molecular flexibility index (Phi) is 4.46. The second-order valence-corrected chi connectivity index (χ2v) is 7.58. The molecule has 1 aliphatic heterocycles. The number of furan rings is 1. The van der Waals surface area contributed by atoms with Crippen LogP contribution in [0.2, 0.25) is 0 Å². The zero-order chi connectivity index (χ0) is 16.4. The third kappa shape index (κ3) is 2.88. The molecule has 0 aliphatic carbocycles. The van der Waals surface area contributed by atoms with Gasteiger partial charge in [0, 0.05) is 11.6 Å². The number of ether oxygens (including phenoxy) is 1. The quantitative estimate of drug-likeness (QED) is 0.856. The van der Waals surface area contributed by atoms with E-state index in [2.05, 4.69) is 0 Å². The van der Waals surface area contributed by atoms with Gasteiger partial charge in [0.2, 0.25) is 5.09 Å². The molecule has 0 N–H and O–H groups in total. The fourth-order valence-corrected chi connectivity index (χ4v) is 5.09. The van der Waals surface area contributed by atoms with Crippen molar-refractivity contribution in [2.75, 3.05) is 7.11 Å². The van der Waals surface area contributed by atoms with E-state index in [0.717, 1.165) is 24.8 Å². The van der Waals surface area contributed by atoms with Crippen molar-refractivity contribution < 1.29 is 17.6 Å². The van der Waals surface area contributed by atoms with Gasteiger partial charge in [-0.05, 0) is 44.4 Å². The molecule has 5 nitrogen and oxygen atoms in total. The molecule has 1 saturated heterocycles. The van der Waals surface area contributed by atoms with Gasteiger partial charge in [-0.15, -0.1) is 0 Å². The van der Waals surface area contributed by atoms with Gasteiger partial charge >= 0.3 is 0 Å². The Morgan fingerprint density at radius 2 is 1.96 bits per heavy atom.